The first-order chi connectivity index (χ1) is 17.1. The number of para-hydroxylation sites is 1. The number of Topliss-reactive ketones (excluding diaryl/α,β-unsaturated/α-hetero) is 1. The molecule has 1 aliphatic heterocycles. The number of hydrogen-bond donors (Lipinski definition) is 2. The summed E-state index contributed by atoms with van der Waals surface area (Å²) in [5.41, 5.74) is 6.40. The Hall–Kier alpha value is -3.46. The van der Waals surface area contributed by atoms with Gasteiger partial charge in [0, 0.05) is 24.6 Å². The normalized spacial score (nSPS) is 21.3. The minimum atomic E-state index is -2.24. The highest BCUT2D eigenvalue weighted by Gasteiger charge is 2.49. The molecule has 4 rings (SSSR count). The molecule has 2 aromatic carbocycles. The van der Waals surface area contributed by atoms with Crippen molar-refractivity contribution < 1.29 is 23.2 Å². The summed E-state index contributed by atoms with van der Waals surface area (Å²) in [4.78, 5) is 45.7. The lowest BCUT2D eigenvalue weighted by Crippen LogP contribution is -2.63. The van der Waals surface area contributed by atoms with E-state index < -0.39 is 40.9 Å². The standard InChI is InChI=1S/C27H30F2N4O3/c1-16(31-23(34)14-17-12-19(28)15-20(29)13-17)25(35)27(30)26(36)33(2)22-11-7-6-10-21(22)24(32-27)18-8-4-3-5-9-18/h6-7,10-13,15-16,18H,3-5,8-9,14,30H2,1-2H3,(H,31,34)/t16-,27?/m0/s1. The summed E-state index contributed by atoms with van der Waals surface area (Å²) in [6.45, 7) is 1.42. The van der Waals surface area contributed by atoms with Gasteiger partial charge in [-0.25, -0.2) is 13.8 Å². The van der Waals surface area contributed by atoms with E-state index in [2.05, 4.69) is 10.3 Å². The zero-order valence-electron chi connectivity index (χ0n) is 20.4. The van der Waals surface area contributed by atoms with Gasteiger partial charge in [-0.1, -0.05) is 37.5 Å². The van der Waals surface area contributed by atoms with Crippen LogP contribution < -0.4 is 16.0 Å². The number of halogens is 2. The molecule has 1 heterocycles. The van der Waals surface area contributed by atoms with E-state index in [1.54, 1.807) is 13.1 Å². The van der Waals surface area contributed by atoms with Crippen LogP contribution in [0.2, 0.25) is 0 Å². The number of carbonyl (C=O) groups is 3. The van der Waals surface area contributed by atoms with Gasteiger partial charge in [-0.2, -0.15) is 0 Å². The number of amides is 2. The minimum absolute atomic E-state index is 0.0581. The Kier molecular flexibility index (Phi) is 7.31. The number of nitrogens with zero attached hydrogens (tertiary/aromatic N) is 2. The number of anilines is 1. The summed E-state index contributed by atoms with van der Waals surface area (Å²) < 4.78 is 27.0. The van der Waals surface area contributed by atoms with Crippen LogP contribution in [0.5, 0.6) is 0 Å². The molecule has 7 nitrogen and oxygen atoms in total. The Morgan fingerprint density at radius 2 is 1.78 bits per heavy atom. The van der Waals surface area contributed by atoms with Gasteiger partial charge in [0.1, 0.15) is 11.6 Å². The van der Waals surface area contributed by atoms with Crippen molar-refractivity contribution in [1.29, 1.82) is 0 Å². The van der Waals surface area contributed by atoms with Gasteiger partial charge in [-0.3, -0.25) is 20.1 Å². The molecule has 2 aliphatic rings. The second kappa shape index (κ2) is 10.3. The fourth-order valence-electron chi connectivity index (χ4n) is 5.08. The zero-order valence-corrected chi connectivity index (χ0v) is 20.4. The van der Waals surface area contributed by atoms with Gasteiger partial charge in [-0.15, -0.1) is 0 Å². The van der Waals surface area contributed by atoms with E-state index >= 15 is 0 Å². The molecule has 2 aromatic rings. The molecule has 1 saturated carbocycles. The fourth-order valence-corrected chi connectivity index (χ4v) is 5.08. The summed E-state index contributed by atoms with van der Waals surface area (Å²) in [5.74, 6) is -3.65. The number of benzodiazepines with no additional fused rings is 1. The molecule has 2 atom stereocenters. The Morgan fingerprint density at radius 1 is 1.14 bits per heavy atom. The third-order valence-electron chi connectivity index (χ3n) is 6.89. The van der Waals surface area contributed by atoms with Crippen LogP contribution in [0, 0.1) is 17.6 Å². The number of aliphatic imine (C=N–C) groups is 1. The number of hydrogen-bond acceptors (Lipinski definition) is 5. The largest absolute Gasteiger partial charge is 0.346 e. The van der Waals surface area contributed by atoms with Crippen LogP contribution in [0.1, 0.15) is 50.2 Å². The number of likely N-dealkylation sites (N-methyl/N-ethyl adjacent to an activating group) is 1. The Balaban J connectivity index is 1.63. The lowest BCUT2D eigenvalue weighted by molar-refractivity contribution is -0.136. The molecular formula is C27H30F2N4O3. The first-order valence-corrected chi connectivity index (χ1v) is 12.1. The lowest BCUT2D eigenvalue weighted by Gasteiger charge is -2.29. The molecule has 1 unspecified atom stereocenters. The predicted molar refractivity (Wildman–Crippen MR) is 133 cm³/mol. The van der Waals surface area contributed by atoms with Gasteiger partial charge in [0.15, 0.2) is 0 Å². The maximum absolute atomic E-state index is 13.6. The third-order valence-corrected chi connectivity index (χ3v) is 6.89. The summed E-state index contributed by atoms with van der Waals surface area (Å²) in [6.07, 6.45) is 4.58. The van der Waals surface area contributed by atoms with Crippen LogP contribution >= 0.6 is 0 Å². The Bertz CT molecular complexity index is 1200. The summed E-state index contributed by atoms with van der Waals surface area (Å²) in [7, 11) is 1.55. The van der Waals surface area contributed by atoms with Crippen molar-refractivity contribution in [2.75, 3.05) is 11.9 Å². The monoisotopic (exact) mass is 496 g/mol. The van der Waals surface area contributed by atoms with Gasteiger partial charge in [0.25, 0.3) is 5.91 Å². The number of nitrogens with two attached hydrogens (primary N) is 1. The van der Waals surface area contributed by atoms with Crippen molar-refractivity contribution >= 4 is 29.0 Å². The number of carbonyl (C=O) groups excluding carboxylic acids is 3. The Morgan fingerprint density at radius 3 is 2.44 bits per heavy atom. The van der Waals surface area contributed by atoms with Crippen molar-refractivity contribution in [3.8, 4) is 0 Å². The molecule has 2 amide bonds. The highest BCUT2D eigenvalue weighted by molar-refractivity contribution is 6.23. The quantitative estimate of drug-likeness (QED) is 0.599. The topological polar surface area (TPSA) is 105 Å². The molecule has 0 saturated heterocycles. The average Bonchev–Trinajstić information content (AvgIpc) is 2.93. The van der Waals surface area contributed by atoms with E-state index in [9.17, 15) is 23.2 Å². The molecule has 36 heavy (non-hydrogen) atoms. The number of rotatable bonds is 6. The number of ketones is 1. The lowest BCUT2D eigenvalue weighted by atomic mass is 9.82. The Labute approximate surface area is 208 Å². The first kappa shape index (κ1) is 25.6. The summed E-state index contributed by atoms with van der Waals surface area (Å²) in [5, 5.41) is 2.51. The van der Waals surface area contributed by atoms with Crippen LogP contribution in [-0.4, -0.2) is 42.1 Å². The van der Waals surface area contributed by atoms with Gasteiger partial charge >= 0.3 is 0 Å². The highest BCUT2D eigenvalue weighted by atomic mass is 19.1. The van der Waals surface area contributed by atoms with Crippen molar-refractivity contribution in [2.24, 2.45) is 16.6 Å². The number of nitrogens with one attached hydrogen (secondary N) is 1. The second-order valence-electron chi connectivity index (χ2n) is 9.59. The maximum Gasteiger partial charge on any atom is 0.277 e. The molecule has 1 aliphatic carbocycles. The molecule has 0 aromatic heterocycles. The van der Waals surface area contributed by atoms with Crippen molar-refractivity contribution in [3.05, 3.63) is 65.2 Å². The van der Waals surface area contributed by atoms with Crippen LogP contribution in [0.3, 0.4) is 0 Å². The summed E-state index contributed by atoms with van der Waals surface area (Å²) in [6, 6.07) is 8.97. The van der Waals surface area contributed by atoms with Crippen LogP contribution in [0.15, 0.2) is 47.5 Å². The number of benzene rings is 2. The van der Waals surface area contributed by atoms with Crippen LogP contribution in [-0.2, 0) is 20.8 Å². The minimum Gasteiger partial charge on any atom is -0.346 e. The van der Waals surface area contributed by atoms with E-state index in [1.165, 1.54) is 11.8 Å². The van der Waals surface area contributed by atoms with Gasteiger partial charge in [0.05, 0.1) is 23.9 Å². The molecule has 1 fully saturated rings. The van der Waals surface area contributed by atoms with E-state index in [4.69, 9.17) is 5.73 Å². The van der Waals surface area contributed by atoms with E-state index in [0.29, 0.717) is 17.5 Å². The zero-order chi connectivity index (χ0) is 26.0. The van der Waals surface area contributed by atoms with E-state index in [-0.39, 0.29) is 17.9 Å². The molecule has 9 heteroatoms. The molecule has 0 bridgehead atoms. The highest BCUT2D eigenvalue weighted by Crippen LogP contribution is 2.35. The smallest absolute Gasteiger partial charge is 0.277 e. The third kappa shape index (κ3) is 5.06. The van der Waals surface area contributed by atoms with Gasteiger partial charge < -0.3 is 10.2 Å². The average molecular weight is 497 g/mol. The van der Waals surface area contributed by atoms with Crippen molar-refractivity contribution in [2.45, 2.75) is 57.2 Å². The predicted octanol–water partition coefficient (Wildman–Crippen LogP) is 3.28. The van der Waals surface area contributed by atoms with Gasteiger partial charge in [0.2, 0.25) is 17.4 Å². The molecule has 190 valence electrons. The van der Waals surface area contributed by atoms with E-state index in [1.807, 2.05) is 18.2 Å². The molecule has 3 N–H and O–H groups in total. The van der Waals surface area contributed by atoms with Crippen LogP contribution in [0.4, 0.5) is 14.5 Å². The van der Waals surface area contributed by atoms with Crippen molar-refractivity contribution in [3.63, 3.8) is 0 Å². The maximum atomic E-state index is 13.6. The summed E-state index contributed by atoms with van der Waals surface area (Å²) >= 11 is 0. The molecular weight excluding hydrogens is 466 g/mol. The van der Waals surface area contributed by atoms with E-state index in [0.717, 1.165) is 49.8 Å². The second-order valence-corrected chi connectivity index (χ2v) is 9.59. The fraction of sp³-hybridized carbons (Fsp3) is 0.407. The van der Waals surface area contributed by atoms with Gasteiger partial charge in [-0.05, 0) is 43.5 Å². The number of fused-ring (bicyclic) bond motifs is 1. The van der Waals surface area contributed by atoms with Crippen molar-refractivity contribution in [1.82, 2.24) is 5.32 Å². The molecule has 0 spiro atoms. The SMILES string of the molecule is C[C@H](NC(=O)Cc1cc(F)cc(F)c1)C(=O)C1(N)N=C(C2CCCCC2)c2ccccc2N(C)C1=O. The van der Waals surface area contributed by atoms with Crippen LogP contribution in [0.25, 0.3) is 0 Å². The first-order valence-electron chi connectivity index (χ1n) is 12.1. The molecule has 0 radical (unpaired) electrons.